The molecule has 1 spiro atoms. The number of rotatable bonds is 1. The van der Waals surface area contributed by atoms with Crippen LogP contribution in [0.25, 0.3) is 0 Å². The number of hydrogen-bond donors (Lipinski definition) is 1. The monoisotopic (exact) mass is 304 g/mol. The predicted octanol–water partition coefficient (Wildman–Crippen LogP) is 4.21. The largest absolute Gasteiger partial charge is 0.396 e. The lowest BCUT2D eigenvalue weighted by Gasteiger charge is -2.63. The number of fused-ring (bicyclic) bond motifs is 3. The lowest BCUT2D eigenvalue weighted by atomic mass is 9.41. The van der Waals surface area contributed by atoms with E-state index >= 15 is 0 Å². The summed E-state index contributed by atoms with van der Waals surface area (Å²) in [6.45, 7) is 7.29. The summed E-state index contributed by atoms with van der Waals surface area (Å²) in [4.78, 5) is 13.1. The maximum atomic E-state index is 13.1. The van der Waals surface area contributed by atoms with Gasteiger partial charge in [0.1, 0.15) is 5.78 Å². The molecule has 0 aromatic carbocycles. The van der Waals surface area contributed by atoms with E-state index in [9.17, 15) is 9.90 Å². The highest BCUT2D eigenvalue weighted by Crippen LogP contribution is 2.71. The van der Waals surface area contributed by atoms with Crippen LogP contribution in [0, 0.1) is 39.9 Å². The van der Waals surface area contributed by atoms with Gasteiger partial charge in [-0.3, -0.25) is 4.79 Å². The zero-order chi connectivity index (χ0) is 15.8. The molecule has 4 aliphatic rings. The molecule has 0 aromatic heterocycles. The topological polar surface area (TPSA) is 37.3 Å². The van der Waals surface area contributed by atoms with E-state index in [1.54, 1.807) is 0 Å². The van der Waals surface area contributed by atoms with E-state index in [0.29, 0.717) is 36.1 Å². The first-order valence-corrected chi connectivity index (χ1v) is 9.53. The molecule has 4 aliphatic carbocycles. The van der Waals surface area contributed by atoms with E-state index in [-0.39, 0.29) is 16.2 Å². The van der Waals surface area contributed by atoms with Crippen LogP contribution in [0.3, 0.4) is 0 Å². The lowest BCUT2D eigenvalue weighted by Crippen LogP contribution is -2.58. The molecule has 0 aromatic rings. The van der Waals surface area contributed by atoms with Crippen molar-refractivity contribution >= 4 is 5.78 Å². The highest BCUT2D eigenvalue weighted by molar-refractivity contribution is 5.90. The number of hydrogen-bond acceptors (Lipinski definition) is 2. The fourth-order valence-electron chi connectivity index (χ4n) is 7.80. The first-order valence-electron chi connectivity index (χ1n) is 9.53. The minimum atomic E-state index is 0.0152. The van der Waals surface area contributed by atoms with Gasteiger partial charge in [0.25, 0.3) is 0 Å². The van der Waals surface area contributed by atoms with Gasteiger partial charge in [-0.15, -0.1) is 0 Å². The molecule has 0 amide bonds. The van der Waals surface area contributed by atoms with Crippen LogP contribution < -0.4 is 0 Å². The SMILES string of the molecule is C[C@H]1C(=O)[C@]23CC[C@H]4[C@@](C)(CO)CCC[C@]4(C)[C@H]2CC[C@H]1C3. The molecule has 1 N–H and O–H groups in total. The van der Waals surface area contributed by atoms with Crippen molar-refractivity contribution in [1.29, 1.82) is 0 Å². The molecule has 0 heterocycles. The quantitative estimate of drug-likeness (QED) is 0.788. The van der Waals surface area contributed by atoms with Crippen molar-refractivity contribution in [2.45, 2.75) is 72.1 Å². The Labute approximate surface area is 135 Å². The normalized spacial score (nSPS) is 57.4. The number of Topliss-reactive ketones (excluding diaryl/α,β-unsaturated/α-hetero) is 1. The lowest BCUT2D eigenvalue weighted by molar-refractivity contribution is -0.169. The van der Waals surface area contributed by atoms with Crippen LogP contribution >= 0.6 is 0 Å². The first kappa shape index (κ1) is 15.2. The Morgan fingerprint density at radius 1 is 1.09 bits per heavy atom. The summed E-state index contributed by atoms with van der Waals surface area (Å²) in [6, 6.07) is 0. The summed E-state index contributed by atoms with van der Waals surface area (Å²) in [5, 5.41) is 10.1. The molecule has 4 rings (SSSR count). The molecular formula is C20H32O2. The average molecular weight is 304 g/mol. The Morgan fingerprint density at radius 3 is 2.59 bits per heavy atom. The molecule has 4 saturated carbocycles. The molecule has 4 fully saturated rings. The summed E-state index contributed by atoms with van der Waals surface area (Å²) in [5.74, 6) is 2.76. The van der Waals surface area contributed by atoms with Crippen molar-refractivity contribution in [3.8, 4) is 0 Å². The molecule has 124 valence electrons. The van der Waals surface area contributed by atoms with Gasteiger partial charge in [0.15, 0.2) is 0 Å². The van der Waals surface area contributed by atoms with Crippen molar-refractivity contribution in [2.75, 3.05) is 6.61 Å². The number of carbonyl (C=O) groups excluding carboxylic acids is 1. The van der Waals surface area contributed by atoms with Crippen LogP contribution in [0.5, 0.6) is 0 Å². The molecule has 0 radical (unpaired) electrons. The molecular weight excluding hydrogens is 272 g/mol. The fraction of sp³-hybridized carbons (Fsp3) is 0.950. The molecule has 0 aliphatic heterocycles. The van der Waals surface area contributed by atoms with Crippen molar-refractivity contribution in [3.63, 3.8) is 0 Å². The Morgan fingerprint density at radius 2 is 1.86 bits per heavy atom. The summed E-state index contributed by atoms with van der Waals surface area (Å²) < 4.78 is 0. The van der Waals surface area contributed by atoms with Gasteiger partial charge in [-0.25, -0.2) is 0 Å². The van der Waals surface area contributed by atoms with Crippen LogP contribution in [0.15, 0.2) is 0 Å². The van der Waals surface area contributed by atoms with Crippen molar-refractivity contribution in [2.24, 2.45) is 39.9 Å². The van der Waals surface area contributed by atoms with Gasteiger partial charge in [0.2, 0.25) is 0 Å². The Bertz CT molecular complexity index is 500. The van der Waals surface area contributed by atoms with Gasteiger partial charge in [-0.05, 0) is 73.5 Å². The molecule has 22 heavy (non-hydrogen) atoms. The van der Waals surface area contributed by atoms with E-state index in [0.717, 1.165) is 19.3 Å². The third-order valence-electron chi connectivity index (χ3n) is 8.87. The number of carbonyl (C=O) groups is 1. The second kappa shape index (κ2) is 4.59. The van der Waals surface area contributed by atoms with Crippen LogP contribution in [0.4, 0.5) is 0 Å². The third kappa shape index (κ3) is 1.63. The van der Waals surface area contributed by atoms with E-state index in [2.05, 4.69) is 20.8 Å². The fourth-order valence-corrected chi connectivity index (χ4v) is 7.80. The van der Waals surface area contributed by atoms with Crippen LogP contribution in [0.2, 0.25) is 0 Å². The van der Waals surface area contributed by atoms with Gasteiger partial charge in [-0.2, -0.15) is 0 Å². The van der Waals surface area contributed by atoms with Gasteiger partial charge in [0.05, 0.1) is 0 Å². The second-order valence-electron chi connectivity index (χ2n) is 9.67. The Kier molecular flexibility index (Phi) is 3.16. The number of aliphatic hydroxyl groups is 1. The minimum Gasteiger partial charge on any atom is -0.396 e. The molecule has 7 atom stereocenters. The number of ketones is 1. The zero-order valence-corrected chi connectivity index (χ0v) is 14.5. The molecule has 2 bridgehead atoms. The number of aliphatic hydroxyl groups excluding tert-OH is 1. The second-order valence-corrected chi connectivity index (χ2v) is 9.67. The van der Waals surface area contributed by atoms with Gasteiger partial charge in [0, 0.05) is 17.9 Å². The standard InChI is InChI=1S/C20H32O2/c1-13-14-5-6-16-19(3)9-4-8-18(2,12-21)15(19)7-10-20(16,11-14)17(13)22/h13-16,21H,4-12H2,1-3H3/t13-,14+,15+,16-,18-,19+,20+/m1/s1. The third-order valence-corrected chi connectivity index (χ3v) is 8.87. The summed E-state index contributed by atoms with van der Waals surface area (Å²) in [7, 11) is 0. The highest BCUT2D eigenvalue weighted by Gasteiger charge is 2.67. The highest BCUT2D eigenvalue weighted by atomic mass is 16.3. The molecule has 2 nitrogen and oxygen atoms in total. The maximum absolute atomic E-state index is 13.1. The summed E-state index contributed by atoms with van der Waals surface area (Å²) >= 11 is 0. The maximum Gasteiger partial charge on any atom is 0.142 e. The zero-order valence-electron chi connectivity index (χ0n) is 14.5. The van der Waals surface area contributed by atoms with Crippen molar-refractivity contribution in [3.05, 3.63) is 0 Å². The molecule has 2 heteroatoms. The van der Waals surface area contributed by atoms with E-state index in [1.807, 2.05) is 0 Å². The first-order chi connectivity index (χ1) is 10.4. The van der Waals surface area contributed by atoms with Crippen LogP contribution in [-0.4, -0.2) is 17.5 Å². The average Bonchev–Trinajstić information content (AvgIpc) is 2.68. The minimum absolute atomic E-state index is 0.0152. The van der Waals surface area contributed by atoms with Crippen molar-refractivity contribution in [1.82, 2.24) is 0 Å². The van der Waals surface area contributed by atoms with Gasteiger partial charge < -0.3 is 5.11 Å². The van der Waals surface area contributed by atoms with E-state index in [1.165, 1.54) is 32.1 Å². The van der Waals surface area contributed by atoms with E-state index < -0.39 is 0 Å². The summed E-state index contributed by atoms with van der Waals surface area (Å²) in [6.07, 6.45) is 9.62. The van der Waals surface area contributed by atoms with Crippen molar-refractivity contribution < 1.29 is 9.90 Å². The van der Waals surface area contributed by atoms with Gasteiger partial charge >= 0.3 is 0 Å². The molecule has 0 unspecified atom stereocenters. The summed E-state index contributed by atoms with van der Waals surface area (Å²) in [5.41, 5.74) is 0.374. The van der Waals surface area contributed by atoms with Crippen LogP contribution in [-0.2, 0) is 4.79 Å². The smallest absolute Gasteiger partial charge is 0.142 e. The predicted molar refractivity (Wildman–Crippen MR) is 87.3 cm³/mol. The van der Waals surface area contributed by atoms with E-state index in [4.69, 9.17) is 0 Å². The Balaban J connectivity index is 1.76. The Hall–Kier alpha value is -0.370. The van der Waals surface area contributed by atoms with Gasteiger partial charge in [-0.1, -0.05) is 27.2 Å². The molecule has 0 saturated heterocycles. The van der Waals surface area contributed by atoms with Crippen LogP contribution in [0.1, 0.15) is 72.1 Å².